The fraction of sp³-hybridized carbons (Fsp3) is 0.200. The highest BCUT2D eigenvalue weighted by Gasteiger charge is 2.17. The lowest BCUT2D eigenvalue weighted by Crippen LogP contribution is -1.97. The quantitative estimate of drug-likeness (QED) is 0.224. The molecule has 0 saturated carbocycles. The molecule has 36 heavy (non-hydrogen) atoms. The van der Waals surface area contributed by atoms with Crippen LogP contribution in [-0.2, 0) is 25.7 Å². The number of hydrogen-bond donors (Lipinski definition) is 4. The molecule has 0 unspecified atom stereocenters. The predicted molar refractivity (Wildman–Crippen MR) is 139 cm³/mol. The normalized spacial score (nSPS) is 10.8. The van der Waals surface area contributed by atoms with Gasteiger partial charge in [0.05, 0.1) is 14.2 Å². The summed E-state index contributed by atoms with van der Waals surface area (Å²) < 4.78 is 10.6. The number of phenolic OH excluding ortho intramolecular Hbond substituents is 4. The van der Waals surface area contributed by atoms with Gasteiger partial charge in [0.1, 0.15) is 11.5 Å². The number of methoxy groups -OCH3 is 2. The van der Waals surface area contributed by atoms with Gasteiger partial charge in [0.15, 0.2) is 23.0 Å². The Morgan fingerprint density at radius 2 is 1.08 bits per heavy atom. The fourth-order valence-electron chi connectivity index (χ4n) is 4.33. The Morgan fingerprint density at radius 3 is 1.69 bits per heavy atom. The summed E-state index contributed by atoms with van der Waals surface area (Å²) in [5, 5.41) is 41.7. The Hall–Kier alpha value is -4.32. The second-order valence-corrected chi connectivity index (χ2v) is 8.71. The summed E-state index contributed by atoms with van der Waals surface area (Å²) in [4.78, 5) is 0. The SMILES string of the molecule is COc1cccc(CCc2cc(O)c(O)c(-c3cc(O)c(O)cc3CCc3cccc(OC)c3)c2)c1. The molecule has 0 aliphatic rings. The van der Waals surface area contributed by atoms with Crippen LogP contribution in [0.5, 0.6) is 34.5 Å². The molecule has 186 valence electrons. The Kier molecular flexibility index (Phi) is 7.54. The van der Waals surface area contributed by atoms with Crippen LogP contribution in [0.15, 0.2) is 72.8 Å². The number of aryl methyl sites for hydroxylation is 4. The highest BCUT2D eigenvalue weighted by Crippen LogP contribution is 2.43. The van der Waals surface area contributed by atoms with Gasteiger partial charge < -0.3 is 29.9 Å². The lowest BCUT2D eigenvalue weighted by molar-refractivity contribution is 0.401. The highest BCUT2D eigenvalue weighted by molar-refractivity contribution is 5.78. The van der Waals surface area contributed by atoms with Crippen LogP contribution < -0.4 is 9.47 Å². The van der Waals surface area contributed by atoms with Crippen molar-refractivity contribution in [1.82, 2.24) is 0 Å². The van der Waals surface area contributed by atoms with Gasteiger partial charge in [-0.3, -0.25) is 0 Å². The van der Waals surface area contributed by atoms with E-state index < -0.39 is 0 Å². The molecule has 0 radical (unpaired) electrons. The van der Waals surface area contributed by atoms with Gasteiger partial charge in [-0.25, -0.2) is 0 Å². The van der Waals surface area contributed by atoms with E-state index in [4.69, 9.17) is 9.47 Å². The Morgan fingerprint density at radius 1 is 0.528 bits per heavy atom. The van der Waals surface area contributed by atoms with Crippen LogP contribution in [0.3, 0.4) is 0 Å². The Balaban J connectivity index is 1.65. The van der Waals surface area contributed by atoms with Crippen LogP contribution in [0, 0.1) is 0 Å². The molecule has 0 aliphatic heterocycles. The van der Waals surface area contributed by atoms with E-state index in [-0.39, 0.29) is 23.0 Å². The summed E-state index contributed by atoms with van der Waals surface area (Å²) in [6.45, 7) is 0. The number of phenols is 4. The summed E-state index contributed by atoms with van der Waals surface area (Å²) in [5.74, 6) is 0.495. The molecule has 0 aliphatic carbocycles. The number of rotatable bonds is 9. The van der Waals surface area contributed by atoms with E-state index in [1.165, 1.54) is 12.1 Å². The number of ether oxygens (including phenoxy) is 2. The molecular weight excluding hydrogens is 456 g/mol. The van der Waals surface area contributed by atoms with E-state index in [0.717, 1.165) is 33.8 Å². The third-order valence-electron chi connectivity index (χ3n) is 6.29. The summed E-state index contributed by atoms with van der Waals surface area (Å²) in [7, 11) is 3.24. The average Bonchev–Trinajstić information content (AvgIpc) is 2.90. The molecule has 4 aromatic carbocycles. The first-order chi connectivity index (χ1) is 17.4. The summed E-state index contributed by atoms with van der Waals surface area (Å²) >= 11 is 0. The topological polar surface area (TPSA) is 99.4 Å². The first-order valence-electron chi connectivity index (χ1n) is 11.7. The minimum atomic E-state index is -0.296. The molecule has 6 heteroatoms. The Bertz CT molecular complexity index is 1360. The molecule has 4 N–H and O–H groups in total. The number of aromatic hydroxyl groups is 4. The van der Waals surface area contributed by atoms with Crippen LogP contribution in [0.4, 0.5) is 0 Å². The zero-order chi connectivity index (χ0) is 25.7. The first kappa shape index (κ1) is 24.8. The van der Waals surface area contributed by atoms with Crippen LogP contribution in [-0.4, -0.2) is 34.6 Å². The molecule has 0 heterocycles. The van der Waals surface area contributed by atoms with Crippen LogP contribution in [0.1, 0.15) is 22.3 Å². The second-order valence-electron chi connectivity index (χ2n) is 8.71. The monoisotopic (exact) mass is 486 g/mol. The van der Waals surface area contributed by atoms with E-state index in [9.17, 15) is 20.4 Å². The van der Waals surface area contributed by atoms with Crippen molar-refractivity contribution in [1.29, 1.82) is 0 Å². The van der Waals surface area contributed by atoms with E-state index >= 15 is 0 Å². The molecule has 4 aromatic rings. The van der Waals surface area contributed by atoms with Crippen LogP contribution in [0.2, 0.25) is 0 Å². The van der Waals surface area contributed by atoms with E-state index in [1.807, 2.05) is 54.6 Å². The van der Waals surface area contributed by atoms with Crippen LogP contribution in [0.25, 0.3) is 11.1 Å². The zero-order valence-electron chi connectivity index (χ0n) is 20.4. The van der Waals surface area contributed by atoms with Gasteiger partial charge in [-0.2, -0.15) is 0 Å². The molecule has 0 bridgehead atoms. The van der Waals surface area contributed by atoms with Crippen molar-refractivity contribution in [3.8, 4) is 45.6 Å². The average molecular weight is 487 g/mol. The van der Waals surface area contributed by atoms with Crippen molar-refractivity contribution in [2.75, 3.05) is 14.2 Å². The highest BCUT2D eigenvalue weighted by atomic mass is 16.5. The molecule has 0 amide bonds. The molecule has 0 spiro atoms. The van der Waals surface area contributed by atoms with E-state index in [1.54, 1.807) is 20.3 Å². The molecule has 4 rings (SSSR count). The van der Waals surface area contributed by atoms with Gasteiger partial charge in [0, 0.05) is 5.56 Å². The minimum absolute atomic E-state index is 0.237. The molecule has 0 saturated heterocycles. The van der Waals surface area contributed by atoms with E-state index in [0.29, 0.717) is 36.8 Å². The van der Waals surface area contributed by atoms with Crippen molar-refractivity contribution in [3.63, 3.8) is 0 Å². The second kappa shape index (κ2) is 11.0. The molecular formula is C30H30O6. The zero-order valence-corrected chi connectivity index (χ0v) is 20.4. The van der Waals surface area contributed by atoms with E-state index in [2.05, 4.69) is 0 Å². The van der Waals surface area contributed by atoms with Crippen LogP contribution >= 0.6 is 0 Å². The van der Waals surface area contributed by atoms with Gasteiger partial charge in [-0.1, -0.05) is 24.3 Å². The fourth-order valence-corrected chi connectivity index (χ4v) is 4.33. The number of benzene rings is 4. The van der Waals surface area contributed by atoms with Gasteiger partial charge in [-0.05, 0) is 102 Å². The molecule has 0 atom stereocenters. The van der Waals surface area contributed by atoms with Crippen molar-refractivity contribution in [2.24, 2.45) is 0 Å². The van der Waals surface area contributed by atoms with Gasteiger partial charge in [0.25, 0.3) is 0 Å². The van der Waals surface area contributed by atoms with Crippen molar-refractivity contribution >= 4 is 0 Å². The summed E-state index contributed by atoms with van der Waals surface area (Å²) in [5.41, 5.74) is 4.63. The maximum atomic E-state index is 10.7. The lowest BCUT2D eigenvalue weighted by atomic mass is 9.91. The van der Waals surface area contributed by atoms with Gasteiger partial charge in [-0.15, -0.1) is 0 Å². The van der Waals surface area contributed by atoms with Crippen molar-refractivity contribution in [3.05, 3.63) is 95.1 Å². The largest absolute Gasteiger partial charge is 0.504 e. The van der Waals surface area contributed by atoms with Crippen molar-refractivity contribution < 1.29 is 29.9 Å². The summed E-state index contributed by atoms with van der Waals surface area (Å²) in [6, 6.07) is 21.8. The first-order valence-corrected chi connectivity index (χ1v) is 11.7. The Labute approximate surface area is 210 Å². The molecule has 0 aromatic heterocycles. The van der Waals surface area contributed by atoms with Gasteiger partial charge in [0.2, 0.25) is 0 Å². The third-order valence-corrected chi connectivity index (χ3v) is 6.29. The third kappa shape index (κ3) is 5.66. The minimum Gasteiger partial charge on any atom is -0.504 e. The number of hydrogen-bond acceptors (Lipinski definition) is 6. The molecule has 0 fully saturated rings. The van der Waals surface area contributed by atoms with Gasteiger partial charge >= 0.3 is 0 Å². The maximum absolute atomic E-state index is 10.7. The standard InChI is InChI=1S/C30H30O6/c1-35-23-7-3-5-19(13-23)9-10-21-15-26(30(34)29(33)16-21)25-18-28(32)27(31)17-22(25)12-11-20-6-4-8-24(14-20)36-2/h3-8,13-18,31-34H,9-12H2,1-2H3. The van der Waals surface area contributed by atoms with Crippen molar-refractivity contribution in [2.45, 2.75) is 25.7 Å². The maximum Gasteiger partial charge on any atom is 0.165 e. The smallest absolute Gasteiger partial charge is 0.165 e. The molecule has 6 nitrogen and oxygen atoms in total. The summed E-state index contributed by atoms with van der Waals surface area (Å²) in [6.07, 6.45) is 2.52. The predicted octanol–water partition coefficient (Wildman–Crippen LogP) is 5.76. The lowest BCUT2D eigenvalue weighted by Gasteiger charge is -2.16.